The summed E-state index contributed by atoms with van der Waals surface area (Å²) in [6, 6.07) is 16.1. The fourth-order valence-corrected chi connectivity index (χ4v) is 7.39. The second kappa shape index (κ2) is 8.65. The molecule has 0 bridgehead atoms. The smallest absolute Gasteiger partial charge is 0.139 e. The molecule has 4 nitrogen and oxygen atoms in total. The number of nitrogens with zero attached hydrogens (tertiary/aromatic N) is 1. The molecule has 0 N–H and O–H groups in total. The Bertz CT molecular complexity index is 1080. The number of carbonyl (C=O) groups excluding carboxylic acids is 2. The molecule has 4 unspecified atom stereocenters. The lowest BCUT2D eigenvalue weighted by atomic mass is 9.53. The summed E-state index contributed by atoms with van der Waals surface area (Å²) in [5, 5.41) is 0.690. The van der Waals surface area contributed by atoms with Gasteiger partial charge >= 0.3 is 0 Å². The fraction of sp³-hybridized carbons (Fsp3) is 0.533. The first-order valence-electron chi connectivity index (χ1n) is 12.7. The number of rotatable bonds is 3. The molecule has 186 valence electrons. The molecule has 2 aromatic rings. The van der Waals surface area contributed by atoms with Crippen LogP contribution in [0.25, 0.3) is 0 Å². The molecule has 2 aliphatic carbocycles. The van der Waals surface area contributed by atoms with Gasteiger partial charge in [0.05, 0.1) is 7.11 Å². The van der Waals surface area contributed by atoms with Crippen molar-refractivity contribution < 1.29 is 14.3 Å². The number of benzene rings is 2. The average Bonchev–Trinajstić information content (AvgIpc) is 2.77. The van der Waals surface area contributed by atoms with Crippen LogP contribution < -0.4 is 9.64 Å². The van der Waals surface area contributed by atoms with Crippen LogP contribution in [0.3, 0.4) is 0 Å². The quantitative estimate of drug-likeness (QED) is 0.477. The van der Waals surface area contributed by atoms with Crippen LogP contribution >= 0.6 is 11.6 Å². The summed E-state index contributed by atoms with van der Waals surface area (Å²) in [6.45, 7) is 8.80. The third-order valence-corrected chi connectivity index (χ3v) is 8.77. The molecule has 5 heteroatoms. The number of ketones is 2. The first kappa shape index (κ1) is 24.4. The van der Waals surface area contributed by atoms with Gasteiger partial charge in [0.2, 0.25) is 0 Å². The van der Waals surface area contributed by atoms with Crippen molar-refractivity contribution in [3.63, 3.8) is 0 Å². The molecule has 0 spiro atoms. The van der Waals surface area contributed by atoms with E-state index in [1.165, 1.54) is 0 Å². The lowest BCUT2D eigenvalue weighted by Crippen LogP contribution is -2.66. The van der Waals surface area contributed by atoms with Crippen molar-refractivity contribution in [2.24, 2.45) is 22.7 Å². The summed E-state index contributed by atoms with van der Waals surface area (Å²) in [7, 11) is 1.66. The first-order valence-corrected chi connectivity index (χ1v) is 13.1. The molecule has 0 radical (unpaired) electrons. The molecule has 0 aromatic heterocycles. The Morgan fingerprint density at radius 1 is 0.771 bits per heavy atom. The topological polar surface area (TPSA) is 46.6 Å². The molecular weight excluding hydrogens is 458 g/mol. The second-order valence-corrected chi connectivity index (χ2v) is 12.8. The van der Waals surface area contributed by atoms with Crippen molar-refractivity contribution in [1.82, 2.24) is 0 Å². The van der Waals surface area contributed by atoms with Crippen LogP contribution in [-0.2, 0) is 9.59 Å². The van der Waals surface area contributed by atoms with E-state index < -0.39 is 0 Å². The third-order valence-electron chi connectivity index (χ3n) is 8.52. The zero-order valence-corrected chi connectivity index (χ0v) is 22.1. The van der Waals surface area contributed by atoms with Gasteiger partial charge in [0.15, 0.2) is 0 Å². The summed E-state index contributed by atoms with van der Waals surface area (Å²) < 4.78 is 5.40. The average molecular weight is 494 g/mol. The van der Waals surface area contributed by atoms with E-state index >= 15 is 0 Å². The van der Waals surface area contributed by atoms with Crippen LogP contribution in [0.15, 0.2) is 48.5 Å². The summed E-state index contributed by atoms with van der Waals surface area (Å²) in [6.07, 6.45) is 2.92. The summed E-state index contributed by atoms with van der Waals surface area (Å²) in [4.78, 5) is 30.3. The predicted octanol–water partition coefficient (Wildman–Crippen LogP) is 6.70. The molecule has 1 aliphatic heterocycles. The standard InChI is InChI=1S/C30H36ClNO3/c1-29(2)14-22-27(24(33)16-29)26(18-6-12-21(35-5)13-7-18)28-23(15-30(3,4)17-25(28)34)32(22)20-10-8-19(31)9-11-20/h6-13,22-23,26-28H,14-17H2,1-5H3. The van der Waals surface area contributed by atoms with E-state index in [9.17, 15) is 9.59 Å². The highest BCUT2D eigenvalue weighted by Crippen LogP contribution is 2.57. The van der Waals surface area contributed by atoms with Gasteiger partial charge in [0.1, 0.15) is 17.3 Å². The summed E-state index contributed by atoms with van der Waals surface area (Å²) >= 11 is 6.25. The molecule has 1 heterocycles. The molecule has 3 aliphatic rings. The molecule has 4 atom stereocenters. The minimum absolute atomic E-state index is 0.0301. The maximum atomic E-state index is 13.9. The van der Waals surface area contributed by atoms with Crippen LogP contribution in [0, 0.1) is 22.7 Å². The van der Waals surface area contributed by atoms with Gasteiger partial charge in [-0.2, -0.15) is 0 Å². The van der Waals surface area contributed by atoms with E-state index in [-0.39, 0.29) is 52.2 Å². The normalized spacial score (nSPS) is 31.5. The predicted molar refractivity (Wildman–Crippen MR) is 140 cm³/mol. The van der Waals surface area contributed by atoms with Gasteiger partial charge in [-0.15, -0.1) is 0 Å². The molecular formula is C30H36ClNO3. The van der Waals surface area contributed by atoms with Gasteiger partial charge in [-0.1, -0.05) is 51.4 Å². The molecule has 2 aromatic carbocycles. The van der Waals surface area contributed by atoms with E-state index in [1.807, 2.05) is 24.3 Å². The number of hydrogen-bond donors (Lipinski definition) is 0. The van der Waals surface area contributed by atoms with Crippen LogP contribution in [0.5, 0.6) is 5.75 Å². The number of hydrogen-bond acceptors (Lipinski definition) is 4. The number of fused-ring (bicyclic) bond motifs is 2. The Morgan fingerprint density at radius 3 is 1.71 bits per heavy atom. The Balaban J connectivity index is 1.70. The van der Waals surface area contributed by atoms with E-state index in [4.69, 9.17) is 16.3 Å². The lowest BCUT2D eigenvalue weighted by molar-refractivity contribution is -0.138. The van der Waals surface area contributed by atoms with Crippen molar-refractivity contribution in [2.45, 2.75) is 71.4 Å². The molecule has 0 amide bonds. The molecule has 3 fully saturated rings. The summed E-state index contributed by atoms with van der Waals surface area (Å²) in [5.41, 5.74) is 1.96. The van der Waals surface area contributed by atoms with Gasteiger partial charge in [-0.3, -0.25) is 9.59 Å². The number of carbonyl (C=O) groups is 2. The van der Waals surface area contributed by atoms with Crippen LogP contribution in [0.1, 0.15) is 64.9 Å². The highest BCUT2D eigenvalue weighted by Gasteiger charge is 2.59. The van der Waals surface area contributed by atoms with E-state index in [0.717, 1.165) is 29.8 Å². The van der Waals surface area contributed by atoms with E-state index in [0.29, 0.717) is 17.9 Å². The van der Waals surface area contributed by atoms with Crippen molar-refractivity contribution in [3.8, 4) is 5.75 Å². The van der Waals surface area contributed by atoms with Gasteiger partial charge in [0, 0.05) is 53.4 Å². The monoisotopic (exact) mass is 493 g/mol. The first-order chi connectivity index (χ1) is 16.5. The lowest BCUT2D eigenvalue weighted by Gasteiger charge is -2.60. The van der Waals surface area contributed by atoms with E-state index in [1.54, 1.807) is 7.11 Å². The number of halogens is 1. The number of Topliss-reactive ketones (excluding diaryl/α,β-unsaturated/α-hetero) is 2. The highest BCUT2D eigenvalue weighted by atomic mass is 35.5. The van der Waals surface area contributed by atoms with Crippen LogP contribution in [-0.4, -0.2) is 30.8 Å². The zero-order valence-electron chi connectivity index (χ0n) is 21.4. The maximum Gasteiger partial charge on any atom is 0.139 e. The zero-order chi connectivity index (χ0) is 25.1. The number of piperidine rings is 1. The van der Waals surface area contributed by atoms with Crippen molar-refractivity contribution >= 4 is 28.9 Å². The molecule has 1 saturated heterocycles. The highest BCUT2D eigenvalue weighted by molar-refractivity contribution is 6.30. The van der Waals surface area contributed by atoms with Gasteiger partial charge < -0.3 is 9.64 Å². The Kier molecular flexibility index (Phi) is 6.03. The minimum Gasteiger partial charge on any atom is -0.497 e. The van der Waals surface area contributed by atoms with Crippen LogP contribution in [0.4, 0.5) is 5.69 Å². The third kappa shape index (κ3) is 4.39. The van der Waals surface area contributed by atoms with Crippen LogP contribution in [0.2, 0.25) is 5.02 Å². The Morgan fingerprint density at radius 2 is 1.26 bits per heavy atom. The molecule has 2 saturated carbocycles. The number of ether oxygens (including phenoxy) is 1. The SMILES string of the molecule is COc1ccc(C2C3C(=O)CC(C)(C)CC3N(c3ccc(Cl)cc3)C3CC(C)(C)CC(=O)C23)cc1. The summed E-state index contributed by atoms with van der Waals surface area (Å²) in [5.74, 6) is 0.778. The van der Waals surface area contributed by atoms with E-state index in [2.05, 4.69) is 56.9 Å². The van der Waals surface area contributed by atoms with Gasteiger partial charge in [-0.05, 0) is 65.6 Å². The number of methoxy groups -OCH3 is 1. The Labute approximate surface area is 214 Å². The van der Waals surface area contributed by atoms with Gasteiger partial charge in [-0.25, -0.2) is 0 Å². The maximum absolute atomic E-state index is 13.9. The van der Waals surface area contributed by atoms with Gasteiger partial charge in [0.25, 0.3) is 0 Å². The number of anilines is 1. The fourth-order valence-electron chi connectivity index (χ4n) is 7.27. The minimum atomic E-state index is -0.224. The second-order valence-electron chi connectivity index (χ2n) is 12.4. The molecule has 5 rings (SSSR count). The van der Waals surface area contributed by atoms with Crippen molar-refractivity contribution in [2.75, 3.05) is 12.0 Å². The Hall–Kier alpha value is -2.33. The van der Waals surface area contributed by atoms with Crippen molar-refractivity contribution in [3.05, 3.63) is 59.1 Å². The largest absolute Gasteiger partial charge is 0.497 e. The van der Waals surface area contributed by atoms with Crippen molar-refractivity contribution in [1.29, 1.82) is 0 Å². The molecule has 35 heavy (non-hydrogen) atoms.